The summed E-state index contributed by atoms with van der Waals surface area (Å²) < 4.78 is 0. The number of hydrogen-bond donors (Lipinski definition) is 2. The topological polar surface area (TPSA) is 65.2 Å². The molecule has 0 spiro atoms. The number of Topliss-reactive ketones (excluding diaryl/α,β-unsaturated/α-hetero) is 2. The van der Waals surface area contributed by atoms with E-state index in [1.54, 1.807) is 0 Å². The van der Waals surface area contributed by atoms with Crippen LogP contribution < -0.4 is 10.2 Å². The van der Waals surface area contributed by atoms with Crippen LogP contribution in [0.1, 0.15) is 65.7 Å². The second kappa shape index (κ2) is 8.21. The van der Waals surface area contributed by atoms with Gasteiger partial charge in [-0.3, -0.25) is 9.59 Å². The third kappa shape index (κ3) is 4.13. The summed E-state index contributed by atoms with van der Waals surface area (Å²) in [6.07, 6.45) is 2.48. The molecule has 1 saturated heterocycles. The number of piperidine rings is 1. The van der Waals surface area contributed by atoms with Crippen molar-refractivity contribution in [2.24, 2.45) is 5.92 Å². The van der Waals surface area contributed by atoms with Crippen molar-refractivity contribution in [1.29, 1.82) is 0 Å². The number of benzene rings is 1. The molecule has 2 heterocycles. The van der Waals surface area contributed by atoms with Crippen molar-refractivity contribution in [3.05, 3.63) is 46.8 Å². The summed E-state index contributed by atoms with van der Waals surface area (Å²) in [4.78, 5) is 30.2. The first-order valence-corrected chi connectivity index (χ1v) is 10.1. The summed E-state index contributed by atoms with van der Waals surface area (Å²) in [5.74, 6) is 0.753. The molecular formula is C23H31N3O2. The molecule has 2 aromatic rings. The third-order valence-electron chi connectivity index (χ3n) is 5.83. The minimum atomic E-state index is -0.391. The molecule has 150 valence electrons. The number of anilines is 2. The SMILES string of the molecule is CC(=O)c1c(C)[nH]c(C(=O)C(C)Nc2ccc(N3CCC(C)CC3)cc2)c1C. The van der Waals surface area contributed by atoms with Crippen LogP contribution in [0, 0.1) is 19.8 Å². The van der Waals surface area contributed by atoms with Gasteiger partial charge in [0.25, 0.3) is 0 Å². The lowest BCUT2D eigenvalue weighted by Crippen LogP contribution is -2.32. The van der Waals surface area contributed by atoms with Crippen molar-refractivity contribution in [2.45, 2.75) is 53.5 Å². The smallest absolute Gasteiger partial charge is 0.201 e. The molecule has 1 unspecified atom stereocenters. The van der Waals surface area contributed by atoms with E-state index in [2.05, 4.69) is 34.3 Å². The maximum atomic E-state index is 12.9. The number of nitrogens with zero attached hydrogens (tertiary/aromatic N) is 1. The van der Waals surface area contributed by atoms with Gasteiger partial charge in [-0.1, -0.05) is 6.92 Å². The number of hydrogen-bond acceptors (Lipinski definition) is 4. The number of H-pyrrole nitrogens is 1. The van der Waals surface area contributed by atoms with E-state index < -0.39 is 6.04 Å². The summed E-state index contributed by atoms with van der Waals surface area (Å²) in [6.45, 7) is 11.6. The molecule has 2 N–H and O–H groups in total. The van der Waals surface area contributed by atoms with Gasteiger partial charge in [0.1, 0.15) is 0 Å². The predicted molar refractivity (Wildman–Crippen MR) is 115 cm³/mol. The molecule has 1 aliphatic rings. The Labute approximate surface area is 167 Å². The van der Waals surface area contributed by atoms with E-state index in [4.69, 9.17) is 0 Å². The van der Waals surface area contributed by atoms with Gasteiger partial charge in [0.2, 0.25) is 5.78 Å². The van der Waals surface area contributed by atoms with Gasteiger partial charge in [-0.2, -0.15) is 0 Å². The van der Waals surface area contributed by atoms with Crippen LogP contribution in [0.15, 0.2) is 24.3 Å². The van der Waals surface area contributed by atoms with E-state index in [1.807, 2.05) is 32.9 Å². The fourth-order valence-electron chi connectivity index (χ4n) is 4.09. The van der Waals surface area contributed by atoms with Gasteiger partial charge >= 0.3 is 0 Å². The minimum Gasteiger partial charge on any atom is -0.375 e. The zero-order chi connectivity index (χ0) is 20.4. The van der Waals surface area contributed by atoms with Crippen LogP contribution in [-0.4, -0.2) is 35.7 Å². The lowest BCUT2D eigenvalue weighted by Gasteiger charge is -2.32. The van der Waals surface area contributed by atoms with Crippen LogP contribution in [0.25, 0.3) is 0 Å². The van der Waals surface area contributed by atoms with E-state index in [1.165, 1.54) is 25.5 Å². The van der Waals surface area contributed by atoms with E-state index in [0.29, 0.717) is 11.3 Å². The van der Waals surface area contributed by atoms with Gasteiger partial charge in [0.15, 0.2) is 5.78 Å². The molecule has 3 rings (SSSR count). The van der Waals surface area contributed by atoms with E-state index >= 15 is 0 Å². The monoisotopic (exact) mass is 381 g/mol. The zero-order valence-corrected chi connectivity index (χ0v) is 17.6. The molecule has 1 aromatic carbocycles. The Morgan fingerprint density at radius 2 is 1.75 bits per heavy atom. The Morgan fingerprint density at radius 1 is 1.14 bits per heavy atom. The number of aryl methyl sites for hydroxylation is 1. The van der Waals surface area contributed by atoms with Gasteiger partial charge in [0.05, 0.1) is 11.7 Å². The maximum absolute atomic E-state index is 12.9. The first-order valence-electron chi connectivity index (χ1n) is 10.1. The van der Waals surface area contributed by atoms with Gasteiger partial charge < -0.3 is 15.2 Å². The molecule has 5 heteroatoms. The van der Waals surface area contributed by atoms with E-state index in [-0.39, 0.29) is 11.6 Å². The standard InChI is InChI=1S/C23H31N3O2/c1-14-10-12-26(13-11-14)20-8-6-19(7-9-20)24-17(4)23(28)22-15(2)21(18(5)27)16(3)25-22/h6-9,14,17,24-25H,10-13H2,1-5H3. The fourth-order valence-corrected chi connectivity index (χ4v) is 4.09. The van der Waals surface area contributed by atoms with Crippen molar-refractivity contribution in [3.63, 3.8) is 0 Å². The van der Waals surface area contributed by atoms with E-state index in [9.17, 15) is 9.59 Å². The highest BCUT2D eigenvalue weighted by Crippen LogP contribution is 2.25. The van der Waals surface area contributed by atoms with Crippen LogP contribution in [0.4, 0.5) is 11.4 Å². The highest BCUT2D eigenvalue weighted by molar-refractivity contribution is 6.05. The normalized spacial score (nSPS) is 16.1. The first kappa shape index (κ1) is 20.2. The molecule has 28 heavy (non-hydrogen) atoms. The second-order valence-electron chi connectivity index (χ2n) is 8.13. The second-order valence-corrected chi connectivity index (χ2v) is 8.13. The number of nitrogens with one attached hydrogen (secondary N) is 2. The first-order chi connectivity index (χ1) is 13.3. The summed E-state index contributed by atoms with van der Waals surface area (Å²) >= 11 is 0. The molecule has 1 atom stereocenters. The van der Waals surface area contributed by atoms with Gasteiger partial charge in [-0.15, -0.1) is 0 Å². The Hall–Kier alpha value is -2.56. The number of rotatable bonds is 6. The average Bonchev–Trinajstić information content (AvgIpc) is 2.96. The lowest BCUT2D eigenvalue weighted by atomic mass is 9.99. The number of carbonyl (C=O) groups excluding carboxylic acids is 2. The highest BCUT2D eigenvalue weighted by atomic mass is 16.1. The minimum absolute atomic E-state index is 0.0198. The van der Waals surface area contributed by atoms with Crippen molar-refractivity contribution in [3.8, 4) is 0 Å². The number of aromatic nitrogens is 1. The highest BCUT2D eigenvalue weighted by Gasteiger charge is 2.23. The van der Waals surface area contributed by atoms with Crippen molar-refractivity contribution in [1.82, 2.24) is 4.98 Å². The van der Waals surface area contributed by atoms with Crippen LogP contribution in [0.3, 0.4) is 0 Å². The van der Waals surface area contributed by atoms with Gasteiger partial charge in [-0.05, 0) is 76.3 Å². The number of aromatic amines is 1. The summed E-state index contributed by atoms with van der Waals surface area (Å²) in [6, 6.07) is 7.91. The third-order valence-corrected chi connectivity index (χ3v) is 5.83. The van der Waals surface area contributed by atoms with Crippen molar-refractivity contribution in [2.75, 3.05) is 23.3 Å². The molecule has 0 amide bonds. The molecular weight excluding hydrogens is 350 g/mol. The van der Waals surface area contributed by atoms with Crippen molar-refractivity contribution >= 4 is 22.9 Å². The molecule has 0 bridgehead atoms. The largest absolute Gasteiger partial charge is 0.375 e. The lowest BCUT2D eigenvalue weighted by molar-refractivity contribution is 0.0970. The van der Waals surface area contributed by atoms with Gasteiger partial charge in [0, 0.05) is 35.7 Å². The Bertz CT molecular complexity index is 859. The molecule has 5 nitrogen and oxygen atoms in total. The molecule has 1 fully saturated rings. The summed E-state index contributed by atoms with van der Waals surface area (Å²) in [7, 11) is 0. The fraction of sp³-hybridized carbons (Fsp3) is 0.478. The number of carbonyl (C=O) groups is 2. The zero-order valence-electron chi connectivity index (χ0n) is 17.6. The van der Waals surface area contributed by atoms with Crippen LogP contribution in [-0.2, 0) is 0 Å². The molecule has 0 radical (unpaired) electrons. The quantitative estimate of drug-likeness (QED) is 0.709. The van der Waals surface area contributed by atoms with E-state index in [0.717, 1.165) is 36.0 Å². The summed E-state index contributed by atoms with van der Waals surface area (Å²) in [5, 5.41) is 3.29. The molecule has 1 aromatic heterocycles. The van der Waals surface area contributed by atoms with Crippen molar-refractivity contribution < 1.29 is 9.59 Å². The van der Waals surface area contributed by atoms with Gasteiger partial charge in [-0.25, -0.2) is 0 Å². The Kier molecular flexibility index (Phi) is 5.92. The maximum Gasteiger partial charge on any atom is 0.201 e. The van der Waals surface area contributed by atoms with Crippen LogP contribution in [0.5, 0.6) is 0 Å². The molecule has 0 saturated carbocycles. The molecule has 1 aliphatic heterocycles. The predicted octanol–water partition coefficient (Wildman–Crippen LogP) is 4.75. The number of ketones is 2. The van der Waals surface area contributed by atoms with Crippen LogP contribution >= 0.6 is 0 Å². The summed E-state index contributed by atoms with van der Waals surface area (Å²) in [5.41, 5.74) is 4.78. The Balaban J connectivity index is 1.67. The average molecular weight is 382 g/mol. The Morgan fingerprint density at radius 3 is 2.29 bits per heavy atom. The molecule has 0 aliphatic carbocycles. The van der Waals surface area contributed by atoms with Crippen LogP contribution in [0.2, 0.25) is 0 Å².